The predicted molar refractivity (Wildman–Crippen MR) is 135 cm³/mol. The summed E-state index contributed by atoms with van der Waals surface area (Å²) in [5.74, 6) is -1.17. The van der Waals surface area contributed by atoms with E-state index in [1.165, 1.54) is 18.2 Å². The third-order valence-corrected chi connectivity index (χ3v) is 5.21. The highest BCUT2D eigenvalue weighted by atomic mass is 16.5. The van der Waals surface area contributed by atoms with Gasteiger partial charge in [-0.2, -0.15) is 0 Å². The van der Waals surface area contributed by atoms with E-state index in [-0.39, 0.29) is 17.1 Å². The smallest absolute Gasteiger partial charge is 0.343 e. The van der Waals surface area contributed by atoms with Crippen LogP contribution in [0, 0.1) is 0 Å². The Balaban J connectivity index is 1.78. The Hall–Kier alpha value is -3.81. The number of esters is 2. The molecule has 194 valence electrons. The van der Waals surface area contributed by atoms with Crippen molar-refractivity contribution >= 4 is 17.9 Å². The summed E-state index contributed by atoms with van der Waals surface area (Å²) in [6.07, 6.45) is 7.53. The van der Waals surface area contributed by atoms with Crippen molar-refractivity contribution in [2.45, 2.75) is 51.9 Å². The van der Waals surface area contributed by atoms with Gasteiger partial charge in [0.15, 0.2) is 0 Å². The fourth-order valence-electron chi connectivity index (χ4n) is 3.23. The van der Waals surface area contributed by atoms with Crippen molar-refractivity contribution in [2.24, 2.45) is 0 Å². The highest BCUT2D eigenvalue weighted by Crippen LogP contribution is 2.26. The highest BCUT2D eigenvalue weighted by molar-refractivity contribution is 5.93. The van der Waals surface area contributed by atoms with Crippen LogP contribution in [0.5, 0.6) is 17.2 Å². The Labute approximate surface area is 211 Å². The first-order valence-electron chi connectivity index (χ1n) is 12.2. The fraction of sp³-hybridized carbons (Fsp3) is 0.393. The Morgan fingerprint density at radius 1 is 0.833 bits per heavy atom. The summed E-state index contributed by atoms with van der Waals surface area (Å²) in [6, 6.07) is 10.9. The Morgan fingerprint density at radius 2 is 1.47 bits per heavy atom. The van der Waals surface area contributed by atoms with Crippen LogP contribution in [-0.4, -0.2) is 42.8 Å². The molecule has 0 spiro atoms. The molecule has 0 bridgehead atoms. The van der Waals surface area contributed by atoms with Crippen molar-refractivity contribution in [1.82, 2.24) is 0 Å². The number of hydrogen-bond acceptors (Lipinski definition) is 7. The lowest BCUT2D eigenvalue weighted by atomic mass is 10.2. The second kappa shape index (κ2) is 16.0. The summed E-state index contributed by atoms with van der Waals surface area (Å²) >= 11 is 0. The van der Waals surface area contributed by atoms with E-state index < -0.39 is 17.9 Å². The summed E-state index contributed by atoms with van der Waals surface area (Å²) in [7, 11) is 0. The number of aromatic carboxylic acids is 1. The SMILES string of the molecule is C=CC(=O)OCCCCCCOc1ccc(C(=O)Oc2ccc(OCCCCC)c(C(=O)O)c2)cc1. The number of carboxylic acids is 1. The van der Waals surface area contributed by atoms with Gasteiger partial charge in [-0.25, -0.2) is 14.4 Å². The van der Waals surface area contributed by atoms with E-state index in [9.17, 15) is 19.5 Å². The molecule has 0 unspecified atom stereocenters. The molecule has 8 nitrogen and oxygen atoms in total. The molecule has 1 N–H and O–H groups in total. The van der Waals surface area contributed by atoms with E-state index in [4.69, 9.17) is 18.9 Å². The Morgan fingerprint density at radius 3 is 2.14 bits per heavy atom. The highest BCUT2D eigenvalue weighted by Gasteiger charge is 2.16. The van der Waals surface area contributed by atoms with Crippen molar-refractivity contribution in [2.75, 3.05) is 19.8 Å². The van der Waals surface area contributed by atoms with Crippen molar-refractivity contribution < 1.29 is 38.4 Å². The van der Waals surface area contributed by atoms with Gasteiger partial charge >= 0.3 is 17.9 Å². The van der Waals surface area contributed by atoms with Crippen molar-refractivity contribution in [3.63, 3.8) is 0 Å². The lowest BCUT2D eigenvalue weighted by molar-refractivity contribution is -0.137. The largest absolute Gasteiger partial charge is 0.494 e. The van der Waals surface area contributed by atoms with Gasteiger partial charge in [-0.1, -0.05) is 26.3 Å². The van der Waals surface area contributed by atoms with Crippen LogP contribution < -0.4 is 14.2 Å². The van der Waals surface area contributed by atoms with E-state index in [1.54, 1.807) is 24.3 Å². The zero-order valence-electron chi connectivity index (χ0n) is 20.7. The minimum absolute atomic E-state index is 0.0571. The number of carbonyl (C=O) groups is 3. The van der Waals surface area contributed by atoms with Gasteiger partial charge in [-0.05, 0) is 74.6 Å². The van der Waals surface area contributed by atoms with Crippen LogP contribution in [0.4, 0.5) is 0 Å². The average Bonchev–Trinajstić information content (AvgIpc) is 2.88. The van der Waals surface area contributed by atoms with E-state index in [0.29, 0.717) is 31.1 Å². The lowest BCUT2D eigenvalue weighted by Crippen LogP contribution is -2.10. The summed E-state index contributed by atoms with van der Waals surface area (Å²) < 4.78 is 21.6. The molecular weight excluding hydrogens is 464 g/mol. The summed E-state index contributed by atoms with van der Waals surface area (Å²) in [5.41, 5.74) is 0.256. The van der Waals surface area contributed by atoms with Gasteiger partial charge in [0.25, 0.3) is 0 Å². The summed E-state index contributed by atoms with van der Waals surface area (Å²) in [6.45, 7) is 6.76. The number of unbranched alkanes of at least 4 members (excludes halogenated alkanes) is 5. The Bertz CT molecular complexity index is 997. The number of carboxylic acid groups (broad SMARTS) is 1. The van der Waals surface area contributed by atoms with Crippen LogP contribution in [0.15, 0.2) is 55.1 Å². The lowest BCUT2D eigenvalue weighted by Gasteiger charge is -2.11. The van der Waals surface area contributed by atoms with E-state index in [2.05, 4.69) is 13.5 Å². The molecule has 2 aromatic carbocycles. The van der Waals surface area contributed by atoms with Gasteiger partial charge in [0.2, 0.25) is 0 Å². The molecule has 2 rings (SSSR count). The number of rotatable bonds is 17. The predicted octanol–water partition coefficient (Wildman–Crippen LogP) is 5.84. The second-order valence-corrected chi connectivity index (χ2v) is 8.07. The van der Waals surface area contributed by atoms with Gasteiger partial charge in [0.05, 0.1) is 25.4 Å². The number of hydrogen-bond donors (Lipinski definition) is 1. The van der Waals surface area contributed by atoms with Gasteiger partial charge in [-0.3, -0.25) is 0 Å². The van der Waals surface area contributed by atoms with Crippen molar-refractivity contribution in [3.8, 4) is 17.2 Å². The maximum Gasteiger partial charge on any atom is 0.343 e. The maximum absolute atomic E-state index is 12.5. The molecular formula is C28H34O8. The third-order valence-electron chi connectivity index (χ3n) is 5.21. The first-order chi connectivity index (χ1) is 17.4. The Kier molecular flexibility index (Phi) is 12.6. The molecule has 0 saturated carbocycles. The fourth-order valence-corrected chi connectivity index (χ4v) is 3.23. The number of carbonyl (C=O) groups excluding carboxylic acids is 2. The molecule has 0 aliphatic heterocycles. The molecule has 0 aromatic heterocycles. The molecule has 2 aromatic rings. The van der Waals surface area contributed by atoms with Crippen LogP contribution in [0.25, 0.3) is 0 Å². The number of ether oxygens (including phenoxy) is 4. The quantitative estimate of drug-likeness (QED) is 0.125. The number of benzene rings is 2. The zero-order chi connectivity index (χ0) is 26.2. The minimum Gasteiger partial charge on any atom is -0.494 e. The minimum atomic E-state index is -1.16. The van der Waals surface area contributed by atoms with Gasteiger partial charge in [-0.15, -0.1) is 0 Å². The van der Waals surface area contributed by atoms with E-state index >= 15 is 0 Å². The standard InChI is InChI=1S/C28H34O8/c1-3-5-8-18-34-25-16-15-23(20-24(25)27(30)31)36-28(32)21-11-13-22(14-12-21)33-17-9-6-7-10-19-35-26(29)4-2/h4,11-16,20H,2-3,5-10,17-19H2,1H3,(H,30,31). The molecule has 0 fully saturated rings. The first kappa shape index (κ1) is 28.4. The molecule has 0 saturated heterocycles. The maximum atomic E-state index is 12.5. The molecule has 0 aliphatic rings. The van der Waals surface area contributed by atoms with Crippen LogP contribution >= 0.6 is 0 Å². The van der Waals surface area contributed by atoms with Gasteiger partial charge in [0, 0.05) is 6.08 Å². The topological polar surface area (TPSA) is 108 Å². The van der Waals surface area contributed by atoms with Crippen molar-refractivity contribution in [3.05, 3.63) is 66.2 Å². The summed E-state index contributed by atoms with van der Waals surface area (Å²) in [4.78, 5) is 35.1. The average molecular weight is 499 g/mol. The molecule has 0 amide bonds. The van der Waals surface area contributed by atoms with E-state index in [1.807, 2.05) is 0 Å². The van der Waals surface area contributed by atoms with Crippen LogP contribution in [-0.2, 0) is 9.53 Å². The molecule has 8 heteroatoms. The molecule has 0 atom stereocenters. The normalized spacial score (nSPS) is 10.4. The zero-order valence-corrected chi connectivity index (χ0v) is 20.7. The van der Waals surface area contributed by atoms with Crippen LogP contribution in [0.3, 0.4) is 0 Å². The van der Waals surface area contributed by atoms with Gasteiger partial charge < -0.3 is 24.1 Å². The second-order valence-electron chi connectivity index (χ2n) is 8.07. The van der Waals surface area contributed by atoms with Gasteiger partial charge in [0.1, 0.15) is 22.8 Å². The summed E-state index contributed by atoms with van der Waals surface area (Å²) in [5, 5.41) is 9.49. The van der Waals surface area contributed by atoms with Crippen LogP contribution in [0.1, 0.15) is 72.6 Å². The first-order valence-corrected chi connectivity index (χ1v) is 12.2. The molecule has 0 heterocycles. The monoisotopic (exact) mass is 498 g/mol. The van der Waals surface area contributed by atoms with E-state index in [0.717, 1.165) is 51.0 Å². The molecule has 36 heavy (non-hydrogen) atoms. The van der Waals surface area contributed by atoms with Crippen molar-refractivity contribution in [1.29, 1.82) is 0 Å². The van der Waals surface area contributed by atoms with Crippen LogP contribution in [0.2, 0.25) is 0 Å². The molecule has 0 aliphatic carbocycles. The molecule has 0 radical (unpaired) electrons. The third kappa shape index (κ3) is 10.2.